The quantitative estimate of drug-likeness (QED) is 0.366. The highest BCUT2D eigenvalue weighted by atomic mass is 32.2. The second-order valence-electron chi connectivity index (χ2n) is 8.79. The van der Waals surface area contributed by atoms with Crippen LogP contribution in [0, 0.1) is 6.92 Å². The van der Waals surface area contributed by atoms with E-state index in [-0.39, 0.29) is 17.9 Å². The van der Waals surface area contributed by atoms with E-state index in [0.717, 1.165) is 16.0 Å². The molecular weight excluding hydrogens is 440 g/mol. The number of benzene rings is 3. The minimum atomic E-state index is -0.582. The molecule has 0 spiro atoms. The van der Waals surface area contributed by atoms with Gasteiger partial charge in [-0.3, -0.25) is 9.59 Å². The van der Waals surface area contributed by atoms with Gasteiger partial charge < -0.3 is 10.2 Å². The van der Waals surface area contributed by atoms with Gasteiger partial charge in [0, 0.05) is 36.1 Å². The summed E-state index contributed by atoms with van der Waals surface area (Å²) in [4.78, 5) is 29.8. The largest absolute Gasteiger partial charge is 0.352 e. The molecule has 4 nitrogen and oxygen atoms in total. The lowest BCUT2D eigenvalue weighted by Crippen LogP contribution is -2.51. The summed E-state index contributed by atoms with van der Waals surface area (Å²) < 4.78 is 0. The van der Waals surface area contributed by atoms with E-state index >= 15 is 0 Å². The van der Waals surface area contributed by atoms with Crippen molar-refractivity contribution >= 4 is 23.6 Å². The lowest BCUT2D eigenvalue weighted by molar-refractivity contribution is -0.141. The summed E-state index contributed by atoms with van der Waals surface area (Å²) in [6.45, 7) is 6.35. The summed E-state index contributed by atoms with van der Waals surface area (Å²) in [6, 6.07) is 27.5. The Morgan fingerprint density at radius 3 is 2.03 bits per heavy atom. The molecule has 0 saturated carbocycles. The molecule has 0 heterocycles. The van der Waals surface area contributed by atoms with Crippen LogP contribution in [0.5, 0.6) is 0 Å². The zero-order valence-corrected chi connectivity index (χ0v) is 21.1. The first-order chi connectivity index (χ1) is 16.4. The number of carbonyl (C=O) groups is 2. The molecule has 0 bridgehead atoms. The van der Waals surface area contributed by atoms with Gasteiger partial charge in [-0.15, -0.1) is 11.8 Å². The van der Waals surface area contributed by atoms with E-state index in [1.54, 1.807) is 16.7 Å². The maximum atomic E-state index is 13.5. The lowest BCUT2D eigenvalue weighted by atomic mass is 10.0. The van der Waals surface area contributed by atoms with Crippen LogP contribution in [0.3, 0.4) is 0 Å². The molecule has 0 aromatic heterocycles. The van der Waals surface area contributed by atoms with Gasteiger partial charge in [0.1, 0.15) is 6.04 Å². The molecule has 3 aromatic carbocycles. The van der Waals surface area contributed by atoms with Gasteiger partial charge in [-0.05, 0) is 44.0 Å². The van der Waals surface area contributed by atoms with Crippen molar-refractivity contribution in [2.24, 2.45) is 0 Å². The summed E-state index contributed by atoms with van der Waals surface area (Å²) in [7, 11) is 0. The van der Waals surface area contributed by atoms with Gasteiger partial charge in [-0.1, -0.05) is 78.4 Å². The Hall–Kier alpha value is -3.05. The van der Waals surface area contributed by atoms with Crippen molar-refractivity contribution in [3.63, 3.8) is 0 Å². The van der Waals surface area contributed by atoms with Crippen molar-refractivity contribution < 1.29 is 9.59 Å². The van der Waals surface area contributed by atoms with E-state index in [9.17, 15) is 9.59 Å². The minimum Gasteiger partial charge on any atom is -0.352 e. The Balaban J connectivity index is 1.81. The molecule has 0 radical (unpaired) electrons. The lowest BCUT2D eigenvalue weighted by Gasteiger charge is -2.32. The maximum absolute atomic E-state index is 13.5. The average Bonchev–Trinajstić information content (AvgIpc) is 2.83. The van der Waals surface area contributed by atoms with Gasteiger partial charge >= 0.3 is 0 Å². The second kappa shape index (κ2) is 13.0. The van der Waals surface area contributed by atoms with Crippen molar-refractivity contribution in [2.45, 2.75) is 57.1 Å². The zero-order chi connectivity index (χ0) is 24.3. The van der Waals surface area contributed by atoms with Crippen molar-refractivity contribution in [3.8, 4) is 0 Å². The number of thioether (sulfide) groups is 1. The molecule has 0 unspecified atom stereocenters. The third-order valence-corrected chi connectivity index (χ3v) is 6.52. The summed E-state index contributed by atoms with van der Waals surface area (Å²) in [5, 5.41) is 3.03. The Kier molecular flexibility index (Phi) is 9.77. The molecule has 1 atom stereocenters. The van der Waals surface area contributed by atoms with Crippen LogP contribution in [0.2, 0.25) is 0 Å². The first kappa shape index (κ1) is 25.6. The number of rotatable bonds is 11. The van der Waals surface area contributed by atoms with Gasteiger partial charge in [0.2, 0.25) is 11.8 Å². The van der Waals surface area contributed by atoms with Gasteiger partial charge in [0.15, 0.2) is 0 Å². The first-order valence-electron chi connectivity index (χ1n) is 11.8. The molecule has 0 saturated heterocycles. The first-order valence-corrected chi connectivity index (χ1v) is 12.8. The Morgan fingerprint density at radius 2 is 1.44 bits per heavy atom. The number of nitrogens with one attached hydrogen (secondary N) is 1. The normalized spacial score (nSPS) is 11.8. The van der Waals surface area contributed by atoms with Crippen molar-refractivity contribution in [1.29, 1.82) is 0 Å². The molecule has 2 amide bonds. The number of carbonyl (C=O) groups excluding carboxylic acids is 2. The Bertz CT molecular complexity index is 1040. The fourth-order valence-electron chi connectivity index (χ4n) is 3.75. The Morgan fingerprint density at radius 1 is 0.853 bits per heavy atom. The van der Waals surface area contributed by atoms with Gasteiger partial charge in [-0.2, -0.15) is 0 Å². The third-order valence-electron chi connectivity index (χ3n) is 5.50. The fraction of sp³-hybridized carbons (Fsp3) is 0.310. The highest BCUT2D eigenvalue weighted by Gasteiger charge is 2.30. The number of hydrogen-bond donors (Lipinski definition) is 1. The molecule has 34 heavy (non-hydrogen) atoms. The fourth-order valence-corrected chi connectivity index (χ4v) is 4.59. The van der Waals surface area contributed by atoms with E-state index in [0.29, 0.717) is 25.1 Å². The van der Waals surface area contributed by atoms with Crippen LogP contribution in [0.1, 0.15) is 37.0 Å². The second-order valence-corrected chi connectivity index (χ2v) is 9.96. The number of aryl methyl sites for hydroxylation is 1. The molecule has 5 heteroatoms. The molecule has 0 fully saturated rings. The third kappa shape index (κ3) is 8.07. The van der Waals surface area contributed by atoms with E-state index in [4.69, 9.17) is 0 Å². The molecule has 0 aliphatic rings. The summed E-state index contributed by atoms with van der Waals surface area (Å²) >= 11 is 1.67. The van der Waals surface area contributed by atoms with Crippen molar-refractivity contribution in [1.82, 2.24) is 10.2 Å². The molecule has 3 aromatic rings. The minimum absolute atomic E-state index is 0.00320. The topological polar surface area (TPSA) is 49.4 Å². The monoisotopic (exact) mass is 474 g/mol. The number of nitrogens with zero attached hydrogens (tertiary/aromatic N) is 1. The highest BCUT2D eigenvalue weighted by Crippen LogP contribution is 2.21. The van der Waals surface area contributed by atoms with Gasteiger partial charge in [-0.25, -0.2) is 0 Å². The SMILES string of the molecule is Cc1ccc(SCCC(=O)N(Cc2ccccc2)[C@H](Cc2ccccc2)C(=O)NC(C)C)cc1. The maximum Gasteiger partial charge on any atom is 0.243 e. The van der Waals surface area contributed by atoms with Crippen molar-refractivity contribution in [3.05, 3.63) is 102 Å². The van der Waals surface area contributed by atoms with E-state index in [1.165, 1.54) is 5.56 Å². The van der Waals surface area contributed by atoms with E-state index < -0.39 is 6.04 Å². The van der Waals surface area contributed by atoms with E-state index in [2.05, 4.69) is 36.5 Å². The van der Waals surface area contributed by atoms with Crippen LogP contribution >= 0.6 is 11.8 Å². The molecule has 0 aliphatic heterocycles. The van der Waals surface area contributed by atoms with Crippen LogP contribution < -0.4 is 5.32 Å². The molecule has 178 valence electrons. The molecular formula is C29H34N2O2S. The number of hydrogen-bond acceptors (Lipinski definition) is 3. The highest BCUT2D eigenvalue weighted by molar-refractivity contribution is 7.99. The smallest absolute Gasteiger partial charge is 0.243 e. The number of amides is 2. The summed E-state index contributed by atoms with van der Waals surface area (Å²) in [5.41, 5.74) is 3.26. The Labute approximate surface area is 207 Å². The average molecular weight is 475 g/mol. The molecule has 1 N–H and O–H groups in total. The van der Waals surface area contributed by atoms with Crippen LogP contribution in [-0.2, 0) is 22.6 Å². The van der Waals surface area contributed by atoms with Crippen molar-refractivity contribution in [2.75, 3.05) is 5.75 Å². The molecule has 3 rings (SSSR count). The van der Waals surface area contributed by atoms with Crippen LogP contribution in [0.25, 0.3) is 0 Å². The predicted molar refractivity (Wildman–Crippen MR) is 141 cm³/mol. The van der Waals surface area contributed by atoms with Crippen LogP contribution in [0.15, 0.2) is 89.8 Å². The van der Waals surface area contributed by atoms with Crippen LogP contribution in [-0.4, -0.2) is 34.6 Å². The predicted octanol–water partition coefficient (Wildman–Crippen LogP) is 5.64. The van der Waals surface area contributed by atoms with E-state index in [1.807, 2.05) is 74.5 Å². The van der Waals surface area contributed by atoms with Crippen LogP contribution in [0.4, 0.5) is 0 Å². The van der Waals surface area contributed by atoms with Gasteiger partial charge in [0.25, 0.3) is 0 Å². The van der Waals surface area contributed by atoms with Gasteiger partial charge in [0.05, 0.1) is 0 Å². The molecule has 0 aliphatic carbocycles. The standard InChI is InChI=1S/C29H34N2O2S/c1-22(2)30-29(33)27(20-24-10-6-4-7-11-24)31(21-25-12-8-5-9-13-25)28(32)18-19-34-26-16-14-23(3)15-17-26/h4-17,22,27H,18-21H2,1-3H3,(H,30,33)/t27-/m1/s1. The summed E-state index contributed by atoms with van der Waals surface area (Å²) in [5.74, 6) is 0.537. The summed E-state index contributed by atoms with van der Waals surface area (Å²) in [6.07, 6.45) is 0.842. The zero-order valence-electron chi connectivity index (χ0n) is 20.2.